The van der Waals surface area contributed by atoms with Crippen molar-refractivity contribution in [3.05, 3.63) is 41.1 Å². The summed E-state index contributed by atoms with van der Waals surface area (Å²) >= 11 is 0. The molecule has 0 spiro atoms. The highest BCUT2D eigenvalue weighted by Crippen LogP contribution is 2.37. The fraction of sp³-hybridized carbons (Fsp3) is 0.368. The standard InChI is InChI=1S/C19H23N5/c1-12-7-8-16-14(10-12)6-5-9-24(16)18-15-11-13(2)20-17(15)21-19(22-18)23(3)4/h7-8,10-11H,5-6,9H2,1-4H3,(H,20,21,22). The molecule has 0 bridgehead atoms. The molecule has 1 aliphatic heterocycles. The van der Waals surface area contributed by atoms with Gasteiger partial charge in [-0.3, -0.25) is 0 Å². The number of nitrogens with zero attached hydrogens (tertiary/aromatic N) is 4. The zero-order chi connectivity index (χ0) is 16.8. The largest absolute Gasteiger partial charge is 0.347 e. The van der Waals surface area contributed by atoms with Gasteiger partial charge in [-0.1, -0.05) is 17.7 Å². The number of fused-ring (bicyclic) bond motifs is 2. The highest BCUT2D eigenvalue weighted by atomic mass is 15.3. The molecule has 0 saturated carbocycles. The molecule has 124 valence electrons. The average Bonchev–Trinajstić information content (AvgIpc) is 2.93. The van der Waals surface area contributed by atoms with E-state index >= 15 is 0 Å². The summed E-state index contributed by atoms with van der Waals surface area (Å²) in [6.07, 6.45) is 2.27. The summed E-state index contributed by atoms with van der Waals surface area (Å²) in [6, 6.07) is 8.86. The zero-order valence-electron chi connectivity index (χ0n) is 14.7. The molecule has 1 N–H and O–H groups in total. The minimum Gasteiger partial charge on any atom is -0.347 e. The molecule has 4 rings (SSSR count). The van der Waals surface area contributed by atoms with E-state index in [1.54, 1.807) is 0 Å². The molecule has 0 atom stereocenters. The molecule has 0 fully saturated rings. The minimum atomic E-state index is 0.735. The van der Waals surface area contributed by atoms with Crippen LogP contribution in [0, 0.1) is 13.8 Å². The van der Waals surface area contributed by atoms with E-state index in [-0.39, 0.29) is 0 Å². The molecule has 0 saturated heterocycles. The van der Waals surface area contributed by atoms with Gasteiger partial charge >= 0.3 is 0 Å². The second-order valence-corrected chi connectivity index (χ2v) is 6.84. The number of aryl methyl sites for hydroxylation is 3. The molecular weight excluding hydrogens is 298 g/mol. The molecule has 0 amide bonds. The summed E-state index contributed by atoms with van der Waals surface area (Å²) in [5.41, 5.74) is 6.01. The lowest BCUT2D eigenvalue weighted by molar-refractivity contribution is 0.759. The number of H-pyrrole nitrogens is 1. The van der Waals surface area contributed by atoms with E-state index in [0.717, 1.165) is 47.9 Å². The third-order valence-electron chi connectivity index (χ3n) is 4.60. The summed E-state index contributed by atoms with van der Waals surface area (Å²) in [6.45, 7) is 5.20. The van der Waals surface area contributed by atoms with Gasteiger partial charge in [0.25, 0.3) is 0 Å². The highest BCUT2D eigenvalue weighted by molar-refractivity contribution is 5.92. The van der Waals surface area contributed by atoms with Crippen molar-refractivity contribution in [3.8, 4) is 0 Å². The minimum absolute atomic E-state index is 0.735. The topological polar surface area (TPSA) is 48.1 Å². The molecule has 1 aliphatic rings. The Morgan fingerprint density at radius 2 is 1.96 bits per heavy atom. The van der Waals surface area contributed by atoms with E-state index in [2.05, 4.69) is 53.0 Å². The van der Waals surface area contributed by atoms with E-state index in [1.807, 2.05) is 19.0 Å². The lowest BCUT2D eigenvalue weighted by Crippen LogP contribution is -2.26. The normalized spacial score (nSPS) is 14.1. The van der Waals surface area contributed by atoms with Crippen LogP contribution >= 0.6 is 0 Å². The number of nitrogens with one attached hydrogen (secondary N) is 1. The van der Waals surface area contributed by atoms with Crippen molar-refractivity contribution in [2.24, 2.45) is 0 Å². The number of anilines is 3. The summed E-state index contributed by atoms with van der Waals surface area (Å²) in [7, 11) is 3.96. The highest BCUT2D eigenvalue weighted by Gasteiger charge is 2.23. The second-order valence-electron chi connectivity index (χ2n) is 6.84. The maximum atomic E-state index is 4.88. The Hall–Kier alpha value is -2.56. The molecular formula is C19H23N5. The van der Waals surface area contributed by atoms with Crippen LogP contribution in [0.1, 0.15) is 23.2 Å². The van der Waals surface area contributed by atoms with Crippen molar-refractivity contribution in [1.29, 1.82) is 0 Å². The molecule has 0 unspecified atom stereocenters. The van der Waals surface area contributed by atoms with Crippen LogP contribution in [0.15, 0.2) is 24.3 Å². The van der Waals surface area contributed by atoms with Crippen LogP contribution in [0.3, 0.4) is 0 Å². The Balaban J connectivity index is 1.94. The molecule has 5 nitrogen and oxygen atoms in total. The third-order valence-corrected chi connectivity index (χ3v) is 4.60. The second kappa shape index (κ2) is 5.51. The smallest absolute Gasteiger partial charge is 0.228 e. The number of hydrogen-bond donors (Lipinski definition) is 1. The quantitative estimate of drug-likeness (QED) is 0.781. The molecule has 0 aliphatic carbocycles. The predicted octanol–water partition coefficient (Wildman–Crippen LogP) is 3.73. The van der Waals surface area contributed by atoms with Crippen LogP contribution in [0.25, 0.3) is 11.0 Å². The van der Waals surface area contributed by atoms with Crippen molar-refractivity contribution < 1.29 is 0 Å². The number of benzene rings is 1. The van der Waals surface area contributed by atoms with Crippen LogP contribution in [0.2, 0.25) is 0 Å². The maximum absolute atomic E-state index is 4.88. The fourth-order valence-electron chi connectivity index (χ4n) is 3.47. The molecule has 5 heteroatoms. The lowest BCUT2D eigenvalue weighted by Gasteiger charge is -2.31. The van der Waals surface area contributed by atoms with Gasteiger partial charge < -0.3 is 14.8 Å². The summed E-state index contributed by atoms with van der Waals surface area (Å²) in [4.78, 5) is 17.2. The molecule has 24 heavy (non-hydrogen) atoms. The van der Waals surface area contributed by atoms with Gasteiger partial charge in [-0.05, 0) is 44.4 Å². The molecule has 3 heterocycles. The van der Waals surface area contributed by atoms with E-state index < -0.39 is 0 Å². The van der Waals surface area contributed by atoms with Crippen molar-refractivity contribution in [2.75, 3.05) is 30.4 Å². The van der Waals surface area contributed by atoms with Gasteiger partial charge in [0.15, 0.2) is 0 Å². The summed E-state index contributed by atoms with van der Waals surface area (Å²) < 4.78 is 0. The van der Waals surface area contributed by atoms with Crippen molar-refractivity contribution in [3.63, 3.8) is 0 Å². The van der Waals surface area contributed by atoms with E-state index in [1.165, 1.54) is 16.8 Å². The van der Waals surface area contributed by atoms with Gasteiger partial charge in [-0.15, -0.1) is 0 Å². The van der Waals surface area contributed by atoms with Gasteiger partial charge in [-0.25, -0.2) is 0 Å². The average molecular weight is 321 g/mol. The van der Waals surface area contributed by atoms with E-state index in [0.29, 0.717) is 0 Å². The monoisotopic (exact) mass is 321 g/mol. The Morgan fingerprint density at radius 1 is 1.12 bits per heavy atom. The molecule has 0 radical (unpaired) electrons. The van der Waals surface area contributed by atoms with Crippen molar-refractivity contribution in [1.82, 2.24) is 15.0 Å². The Bertz CT molecular complexity index is 910. The predicted molar refractivity (Wildman–Crippen MR) is 99.5 cm³/mol. The van der Waals surface area contributed by atoms with Gasteiger partial charge in [0.1, 0.15) is 11.5 Å². The Morgan fingerprint density at radius 3 is 2.75 bits per heavy atom. The lowest BCUT2D eigenvalue weighted by atomic mass is 9.99. The van der Waals surface area contributed by atoms with Crippen molar-refractivity contribution in [2.45, 2.75) is 26.7 Å². The van der Waals surface area contributed by atoms with Crippen LogP contribution in [-0.2, 0) is 6.42 Å². The molecule has 2 aromatic heterocycles. The fourth-order valence-corrected chi connectivity index (χ4v) is 3.47. The van der Waals surface area contributed by atoms with E-state index in [4.69, 9.17) is 4.98 Å². The first-order chi connectivity index (χ1) is 11.5. The van der Waals surface area contributed by atoms with Gasteiger partial charge in [-0.2, -0.15) is 9.97 Å². The molecule has 3 aromatic rings. The van der Waals surface area contributed by atoms with Crippen molar-refractivity contribution >= 4 is 28.5 Å². The Kier molecular flexibility index (Phi) is 3.44. The van der Waals surface area contributed by atoms with Crippen LogP contribution in [0.5, 0.6) is 0 Å². The van der Waals surface area contributed by atoms with Crippen LogP contribution in [-0.4, -0.2) is 35.6 Å². The summed E-state index contributed by atoms with van der Waals surface area (Å²) in [5, 5.41) is 1.09. The zero-order valence-corrected chi connectivity index (χ0v) is 14.7. The van der Waals surface area contributed by atoms with E-state index in [9.17, 15) is 0 Å². The SMILES string of the molecule is Cc1ccc2c(c1)CCCN2c1nc(N(C)C)nc2[nH]c(C)cc12. The number of rotatable bonds is 2. The number of aromatic amines is 1. The summed E-state index contributed by atoms with van der Waals surface area (Å²) in [5.74, 6) is 1.73. The first-order valence-electron chi connectivity index (χ1n) is 8.44. The van der Waals surface area contributed by atoms with Gasteiger partial charge in [0.2, 0.25) is 5.95 Å². The first kappa shape index (κ1) is 15.0. The number of hydrogen-bond acceptors (Lipinski definition) is 4. The number of aromatic nitrogens is 3. The van der Waals surface area contributed by atoms with Crippen LogP contribution in [0.4, 0.5) is 17.5 Å². The Labute approximate surface area is 142 Å². The third kappa shape index (κ3) is 2.40. The van der Waals surface area contributed by atoms with Gasteiger partial charge in [0, 0.05) is 32.0 Å². The maximum Gasteiger partial charge on any atom is 0.228 e. The first-order valence-corrected chi connectivity index (χ1v) is 8.44. The molecule has 1 aromatic carbocycles. The van der Waals surface area contributed by atoms with Gasteiger partial charge in [0.05, 0.1) is 5.39 Å². The van der Waals surface area contributed by atoms with Crippen LogP contribution < -0.4 is 9.80 Å².